The van der Waals surface area contributed by atoms with E-state index in [1.54, 1.807) is 23.9 Å². The van der Waals surface area contributed by atoms with Crippen LogP contribution in [0.15, 0.2) is 107 Å². The Bertz CT molecular complexity index is 1510. The van der Waals surface area contributed by atoms with Crippen molar-refractivity contribution in [2.45, 2.75) is 15.5 Å². The maximum atomic E-state index is 13.7. The second-order valence-corrected chi connectivity index (χ2v) is 11.3. The first kappa shape index (κ1) is 28.0. The average Bonchev–Trinajstić information content (AvgIpc) is 2.96. The minimum Gasteiger partial charge on any atom is -0.493 e. The Labute approximate surface area is 231 Å². The van der Waals surface area contributed by atoms with Crippen LogP contribution in [0.2, 0.25) is 0 Å². The van der Waals surface area contributed by atoms with Gasteiger partial charge in [0.15, 0.2) is 11.5 Å². The molecule has 0 bridgehead atoms. The molecule has 202 valence electrons. The summed E-state index contributed by atoms with van der Waals surface area (Å²) < 4.78 is 52.3. The van der Waals surface area contributed by atoms with E-state index in [0.29, 0.717) is 11.4 Å². The lowest BCUT2D eigenvalue weighted by Gasteiger charge is -2.24. The molecule has 1 amide bonds. The third kappa shape index (κ3) is 7.10. The molecule has 0 saturated heterocycles. The van der Waals surface area contributed by atoms with E-state index >= 15 is 0 Å². The minimum atomic E-state index is -4.24. The Balaban J connectivity index is 1.52. The summed E-state index contributed by atoms with van der Waals surface area (Å²) in [6.07, 6.45) is 0. The van der Waals surface area contributed by atoms with Crippen molar-refractivity contribution in [2.75, 3.05) is 30.4 Å². The summed E-state index contributed by atoms with van der Waals surface area (Å²) in [4.78, 5) is 14.1. The minimum absolute atomic E-state index is 0.113. The summed E-state index contributed by atoms with van der Waals surface area (Å²) in [6.45, 7) is -0.534. The first-order valence-electron chi connectivity index (χ1n) is 11.9. The smallest absolute Gasteiger partial charge is 0.264 e. The Morgan fingerprint density at radius 1 is 0.872 bits per heavy atom. The largest absolute Gasteiger partial charge is 0.493 e. The number of nitrogens with one attached hydrogen (secondary N) is 1. The summed E-state index contributed by atoms with van der Waals surface area (Å²) in [6, 6.07) is 26.4. The quantitative estimate of drug-likeness (QED) is 0.225. The predicted octanol–water partition coefficient (Wildman–Crippen LogP) is 5.97. The van der Waals surface area contributed by atoms with Crippen LogP contribution in [-0.4, -0.2) is 35.1 Å². The number of carbonyl (C=O) groups excluding carboxylic acids is 1. The highest BCUT2D eigenvalue weighted by Gasteiger charge is 2.28. The standard InChI is InChI=1S/C29H27FN2O5S2/c1-36-27-17-16-26(18-28(27)37-2)39(34,35)32(24-14-10-22(30)11-15-24)19-29(33)31-23-12-8-21(9-13-23)20-38-25-6-4-3-5-7-25/h3-18H,19-20H2,1-2H3,(H,31,33). The predicted molar refractivity (Wildman–Crippen MR) is 152 cm³/mol. The van der Waals surface area contributed by atoms with Crippen LogP contribution in [-0.2, 0) is 20.6 Å². The molecule has 0 aliphatic rings. The molecule has 0 heterocycles. The second kappa shape index (κ2) is 12.7. The molecule has 39 heavy (non-hydrogen) atoms. The van der Waals surface area contributed by atoms with Crippen LogP contribution in [0.25, 0.3) is 0 Å². The van der Waals surface area contributed by atoms with Crippen molar-refractivity contribution in [3.8, 4) is 11.5 Å². The number of halogens is 1. The molecular formula is C29H27FN2O5S2. The van der Waals surface area contributed by atoms with Gasteiger partial charge in [0.05, 0.1) is 24.8 Å². The molecule has 0 spiro atoms. The second-order valence-electron chi connectivity index (χ2n) is 8.35. The number of carbonyl (C=O) groups is 1. The fraction of sp³-hybridized carbons (Fsp3) is 0.138. The van der Waals surface area contributed by atoms with Crippen LogP contribution in [0.3, 0.4) is 0 Å². The van der Waals surface area contributed by atoms with Crippen LogP contribution < -0.4 is 19.1 Å². The van der Waals surface area contributed by atoms with E-state index in [2.05, 4.69) is 5.32 Å². The number of amides is 1. The van der Waals surface area contributed by atoms with Crippen molar-refractivity contribution in [1.29, 1.82) is 0 Å². The molecule has 7 nitrogen and oxygen atoms in total. The highest BCUT2D eigenvalue weighted by molar-refractivity contribution is 7.98. The molecule has 4 aromatic carbocycles. The number of ether oxygens (including phenoxy) is 2. The lowest BCUT2D eigenvalue weighted by atomic mass is 10.2. The fourth-order valence-electron chi connectivity index (χ4n) is 3.73. The molecule has 4 rings (SSSR count). The van der Waals surface area contributed by atoms with Crippen molar-refractivity contribution in [1.82, 2.24) is 0 Å². The Hall–Kier alpha value is -4.02. The van der Waals surface area contributed by atoms with Crippen LogP contribution in [0.4, 0.5) is 15.8 Å². The zero-order chi connectivity index (χ0) is 27.8. The zero-order valence-electron chi connectivity index (χ0n) is 21.3. The van der Waals surface area contributed by atoms with Crippen LogP contribution >= 0.6 is 11.8 Å². The molecule has 0 aromatic heterocycles. The Morgan fingerprint density at radius 2 is 1.54 bits per heavy atom. The van der Waals surface area contributed by atoms with E-state index in [1.165, 1.54) is 44.6 Å². The number of rotatable bonds is 11. The summed E-state index contributed by atoms with van der Waals surface area (Å²) >= 11 is 1.70. The molecule has 0 atom stereocenters. The van der Waals surface area contributed by atoms with Crippen molar-refractivity contribution in [3.63, 3.8) is 0 Å². The lowest BCUT2D eigenvalue weighted by molar-refractivity contribution is -0.114. The SMILES string of the molecule is COc1ccc(S(=O)(=O)N(CC(=O)Nc2ccc(CSc3ccccc3)cc2)c2ccc(F)cc2)cc1OC. The number of nitrogens with zero attached hydrogens (tertiary/aromatic N) is 1. The normalized spacial score (nSPS) is 11.1. The molecule has 0 aliphatic carbocycles. The van der Waals surface area contributed by atoms with Crippen LogP contribution in [0, 0.1) is 5.82 Å². The van der Waals surface area contributed by atoms with Gasteiger partial charge in [-0.05, 0) is 66.2 Å². The third-order valence-electron chi connectivity index (χ3n) is 5.73. The maximum Gasteiger partial charge on any atom is 0.264 e. The summed E-state index contributed by atoms with van der Waals surface area (Å²) in [7, 11) is -1.41. The van der Waals surface area contributed by atoms with E-state index in [4.69, 9.17) is 9.47 Å². The monoisotopic (exact) mass is 566 g/mol. The number of benzene rings is 4. The topological polar surface area (TPSA) is 84.9 Å². The summed E-state index contributed by atoms with van der Waals surface area (Å²) in [5.41, 5.74) is 1.73. The van der Waals surface area contributed by atoms with Crippen LogP contribution in [0.5, 0.6) is 11.5 Å². The van der Waals surface area contributed by atoms with Gasteiger partial charge in [-0.25, -0.2) is 12.8 Å². The van der Waals surface area contributed by atoms with Gasteiger partial charge < -0.3 is 14.8 Å². The number of hydrogen-bond donors (Lipinski definition) is 1. The van der Waals surface area contributed by atoms with Crippen molar-refractivity contribution in [2.24, 2.45) is 0 Å². The van der Waals surface area contributed by atoms with Gasteiger partial charge in [0.2, 0.25) is 5.91 Å². The Morgan fingerprint density at radius 3 is 2.18 bits per heavy atom. The van der Waals surface area contributed by atoms with Gasteiger partial charge in [-0.2, -0.15) is 0 Å². The highest BCUT2D eigenvalue weighted by Crippen LogP contribution is 2.32. The molecular weight excluding hydrogens is 539 g/mol. The number of thioether (sulfide) groups is 1. The lowest BCUT2D eigenvalue weighted by Crippen LogP contribution is -2.38. The molecule has 0 aliphatic heterocycles. The van der Waals surface area contributed by atoms with Crippen molar-refractivity contribution >= 4 is 39.1 Å². The van der Waals surface area contributed by atoms with Gasteiger partial charge >= 0.3 is 0 Å². The third-order valence-corrected chi connectivity index (χ3v) is 8.58. The number of anilines is 2. The van der Waals surface area contributed by atoms with Gasteiger partial charge in [-0.1, -0.05) is 30.3 Å². The molecule has 0 radical (unpaired) electrons. The highest BCUT2D eigenvalue weighted by atomic mass is 32.2. The van der Waals surface area contributed by atoms with E-state index in [9.17, 15) is 17.6 Å². The van der Waals surface area contributed by atoms with Gasteiger partial charge in [0, 0.05) is 22.4 Å². The van der Waals surface area contributed by atoms with Crippen LogP contribution in [0.1, 0.15) is 5.56 Å². The first-order valence-corrected chi connectivity index (χ1v) is 14.3. The fourth-order valence-corrected chi connectivity index (χ4v) is 6.04. The van der Waals surface area contributed by atoms with Gasteiger partial charge in [-0.3, -0.25) is 9.10 Å². The van der Waals surface area contributed by atoms with Crippen molar-refractivity contribution < 1.29 is 27.1 Å². The molecule has 0 fully saturated rings. The molecule has 0 unspecified atom stereocenters. The zero-order valence-corrected chi connectivity index (χ0v) is 23.0. The Kier molecular flexibility index (Phi) is 9.11. The number of hydrogen-bond acceptors (Lipinski definition) is 6. The van der Waals surface area contributed by atoms with E-state index in [1.807, 2.05) is 42.5 Å². The average molecular weight is 567 g/mol. The first-order chi connectivity index (χ1) is 18.8. The van der Waals surface area contributed by atoms with Gasteiger partial charge in [0.25, 0.3) is 10.0 Å². The maximum absolute atomic E-state index is 13.7. The summed E-state index contributed by atoms with van der Waals surface area (Å²) in [5, 5.41) is 2.75. The van der Waals surface area contributed by atoms with E-state index < -0.39 is 28.3 Å². The van der Waals surface area contributed by atoms with E-state index in [-0.39, 0.29) is 16.3 Å². The van der Waals surface area contributed by atoms with E-state index in [0.717, 1.165) is 32.6 Å². The molecule has 1 N–H and O–H groups in total. The molecule has 4 aromatic rings. The van der Waals surface area contributed by atoms with Gasteiger partial charge in [-0.15, -0.1) is 11.8 Å². The molecule has 0 saturated carbocycles. The summed E-state index contributed by atoms with van der Waals surface area (Å²) in [5.74, 6) is 0.243. The van der Waals surface area contributed by atoms with Crippen molar-refractivity contribution in [3.05, 3.63) is 108 Å². The molecule has 10 heteroatoms. The van der Waals surface area contributed by atoms with Gasteiger partial charge in [0.1, 0.15) is 12.4 Å². The number of methoxy groups -OCH3 is 2. The number of sulfonamides is 1.